The fourth-order valence-electron chi connectivity index (χ4n) is 3.19. The number of aryl methyl sites for hydroxylation is 1. The molecule has 0 atom stereocenters. The highest BCUT2D eigenvalue weighted by molar-refractivity contribution is 5.68. The first-order valence-electron chi connectivity index (χ1n) is 9.78. The highest BCUT2D eigenvalue weighted by atomic mass is 16.5. The molecule has 2 aromatic carbocycles. The van der Waals surface area contributed by atoms with E-state index in [1.54, 1.807) is 6.20 Å². The van der Waals surface area contributed by atoms with E-state index < -0.39 is 0 Å². The molecule has 0 amide bonds. The second-order valence-electron chi connectivity index (χ2n) is 6.87. The lowest BCUT2D eigenvalue weighted by Gasteiger charge is -2.05. The van der Waals surface area contributed by atoms with Crippen LogP contribution in [0.1, 0.15) is 31.7 Å². The molecule has 28 heavy (non-hydrogen) atoms. The molecule has 4 heteroatoms. The van der Waals surface area contributed by atoms with Crippen LogP contribution in [0.25, 0.3) is 34.1 Å². The van der Waals surface area contributed by atoms with Crippen LogP contribution in [0, 0.1) is 0 Å². The largest absolute Gasteiger partial charge is 0.334 e. The summed E-state index contributed by atoms with van der Waals surface area (Å²) >= 11 is 0. The molecule has 140 valence electrons. The Morgan fingerprint density at radius 3 is 2.18 bits per heavy atom. The first-order valence-corrected chi connectivity index (χ1v) is 9.78. The number of rotatable bonds is 7. The lowest BCUT2D eigenvalue weighted by atomic mass is 10.0. The van der Waals surface area contributed by atoms with E-state index in [2.05, 4.69) is 58.4 Å². The summed E-state index contributed by atoms with van der Waals surface area (Å²) in [5, 5.41) is 4.04. The fourth-order valence-corrected chi connectivity index (χ4v) is 3.19. The van der Waals surface area contributed by atoms with Crippen LogP contribution in [0.3, 0.4) is 0 Å². The topological polar surface area (TPSA) is 51.8 Å². The molecule has 0 aliphatic carbocycles. The molecule has 0 saturated heterocycles. The second kappa shape index (κ2) is 8.61. The highest BCUT2D eigenvalue weighted by Gasteiger charge is 2.11. The van der Waals surface area contributed by atoms with Crippen molar-refractivity contribution in [3.8, 4) is 34.1 Å². The third-order valence-electron chi connectivity index (χ3n) is 4.81. The van der Waals surface area contributed by atoms with Gasteiger partial charge < -0.3 is 4.52 Å². The Hall–Kier alpha value is -3.27. The van der Waals surface area contributed by atoms with Crippen LogP contribution in [0.15, 0.2) is 77.4 Å². The van der Waals surface area contributed by atoms with Crippen LogP contribution in [0.4, 0.5) is 0 Å². The standard InChI is InChI=1S/C24H23N3O/c1-2-3-4-7-18-9-11-19(12-10-18)20-13-15-21(16-14-20)24-26-23(27-28-24)22-8-5-6-17-25-22/h5-6,8-17H,2-4,7H2,1H3. The number of nitrogens with zero attached hydrogens (tertiary/aromatic N) is 3. The number of pyridine rings is 1. The normalized spacial score (nSPS) is 10.9. The maximum atomic E-state index is 5.41. The van der Waals surface area contributed by atoms with Crippen molar-refractivity contribution in [1.82, 2.24) is 15.1 Å². The Labute approximate surface area is 165 Å². The van der Waals surface area contributed by atoms with E-state index in [0.717, 1.165) is 12.0 Å². The Morgan fingerprint density at radius 1 is 0.786 bits per heavy atom. The van der Waals surface area contributed by atoms with Crippen LogP contribution < -0.4 is 0 Å². The predicted octanol–water partition coefficient (Wildman–Crippen LogP) is 6.20. The van der Waals surface area contributed by atoms with Crippen molar-refractivity contribution in [2.45, 2.75) is 32.6 Å². The molecule has 4 nitrogen and oxygen atoms in total. The molecule has 4 aromatic rings. The van der Waals surface area contributed by atoms with Gasteiger partial charge in [-0.3, -0.25) is 4.98 Å². The Balaban J connectivity index is 1.48. The van der Waals surface area contributed by atoms with E-state index in [9.17, 15) is 0 Å². The molecular weight excluding hydrogens is 346 g/mol. The summed E-state index contributed by atoms with van der Waals surface area (Å²) < 4.78 is 5.41. The summed E-state index contributed by atoms with van der Waals surface area (Å²) in [7, 11) is 0. The zero-order chi connectivity index (χ0) is 19.2. The predicted molar refractivity (Wildman–Crippen MR) is 112 cm³/mol. The number of hydrogen-bond acceptors (Lipinski definition) is 4. The summed E-state index contributed by atoms with van der Waals surface area (Å²) in [6.07, 6.45) is 6.68. The lowest BCUT2D eigenvalue weighted by Crippen LogP contribution is -1.86. The van der Waals surface area contributed by atoms with Gasteiger partial charge in [0.15, 0.2) is 0 Å². The van der Waals surface area contributed by atoms with Gasteiger partial charge >= 0.3 is 0 Å². The molecule has 2 aromatic heterocycles. The summed E-state index contributed by atoms with van der Waals surface area (Å²) in [4.78, 5) is 8.72. The Bertz CT molecular complexity index is 1010. The maximum Gasteiger partial charge on any atom is 0.258 e. The molecule has 0 unspecified atom stereocenters. The number of aromatic nitrogens is 3. The molecule has 4 rings (SSSR count). The second-order valence-corrected chi connectivity index (χ2v) is 6.87. The summed E-state index contributed by atoms with van der Waals surface area (Å²) in [6, 6.07) is 22.7. The zero-order valence-electron chi connectivity index (χ0n) is 16.0. The van der Waals surface area contributed by atoms with Gasteiger partial charge in [-0.1, -0.05) is 67.4 Å². The van der Waals surface area contributed by atoms with Crippen molar-refractivity contribution >= 4 is 0 Å². The van der Waals surface area contributed by atoms with Crippen LogP contribution in [-0.2, 0) is 6.42 Å². The first kappa shape index (κ1) is 18.1. The van der Waals surface area contributed by atoms with Gasteiger partial charge in [-0.25, -0.2) is 0 Å². The molecule has 2 heterocycles. The molecule has 0 radical (unpaired) electrons. The summed E-state index contributed by atoms with van der Waals surface area (Å²) in [6.45, 7) is 2.24. The molecule has 0 bridgehead atoms. The van der Waals surface area contributed by atoms with E-state index in [-0.39, 0.29) is 0 Å². The van der Waals surface area contributed by atoms with Crippen LogP contribution in [0.2, 0.25) is 0 Å². The van der Waals surface area contributed by atoms with Gasteiger partial charge in [0.2, 0.25) is 5.82 Å². The molecule has 0 aliphatic heterocycles. The molecule has 0 aliphatic rings. The Kier molecular flexibility index (Phi) is 5.57. The molecule has 0 N–H and O–H groups in total. The van der Waals surface area contributed by atoms with Crippen LogP contribution in [0.5, 0.6) is 0 Å². The fraction of sp³-hybridized carbons (Fsp3) is 0.208. The van der Waals surface area contributed by atoms with Gasteiger partial charge in [0.05, 0.1) is 0 Å². The van der Waals surface area contributed by atoms with Crippen LogP contribution >= 0.6 is 0 Å². The van der Waals surface area contributed by atoms with E-state index in [0.29, 0.717) is 17.4 Å². The molecule has 0 saturated carbocycles. The van der Waals surface area contributed by atoms with E-state index in [4.69, 9.17) is 4.52 Å². The number of unbranched alkanes of at least 4 members (excludes halogenated alkanes) is 2. The van der Waals surface area contributed by atoms with Crippen molar-refractivity contribution in [2.75, 3.05) is 0 Å². The summed E-state index contributed by atoms with van der Waals surface area (Å²) in [5.41, 5.74) is 5.39. The monoisotopic (exact) mass is 369 g/mol. The summed E-state index contributed by atoms with van der Waals surface area (Å²) in [5.74, 6) is 0.997. The van der Waals surface area contributed by atoms with Crippen molar-refractivity contribution in [3.63, 3.8) is 0 Å². The molecule has 0 spiro atoms. The zero-order valence-corrected chi connectivity index (χ0v) is 16.0. The third-order valence-corrected chi connectivity index (χ3v) is 4.81. The van der Waals surface area contributed by atoms with E-state index >= 15 is 0 Å². The van der Waals surface area contributed by atoms with Crippen molar-refractivity contribution < 1.29 is 4.52 Å². The van der Waals surface area contributed by atoms with Gasteiger partial charge in [0.25, 0.3) is 5.89 Å². The third kappa shape index (κ3) is 4.17. The van der Waals surface area contributed by atoms with Gasteiger partial charge in [-0.15, -0.1) is 0 Å². The SMILES string of the molecule is CCCCCc1ccc(-c2ccc(-c3nc(-c4ccccn4)no3)cc2)cc1. The van der Waals surface area contributed by atoms with Gasteiger partial charge in [-0.05, 0) is 53.8 Å². The van der Waals surface area contributed by atoms with Gasteiger partial charge in [-0.2, -0.15) is 4.98 Å². The number of benzene rings is 2. The minimum absolute atomic E-state index is 0.498. The highest BCUT2D eigenvalue weighted by Crippen LogP contribution is 2.26. The Morgan fingerprint density at radius 2 is 1.50 bits per heavy atom. The maximum absolute atomic E-state index is 5.41. The lowest BCUT2D eigenvalue weighted by molar-refractivity contribution is 0.432. The van der Waals surface area contributed by atoms with E-state index in [1.165, 1.54) is 36.0 Å². The average molecular weight is 369 g/mol. The molecule has 0 fully saturated rings. The van der Waals surface area contributed by atoms with Gasteiger partial charge in [0.1, 0.15) is 5.69 Å². The van der Waals surface area contributed by atoms with E-state index in [1.807, 2.05) is 30.3 Å². The van der Waals surface area contributed by atoms with Crippen molar-refractivity contribution in [3.05, 3.63) is 78.5 Å². The average Bonchev–Trinajstić information content (AvgIpc) is 3.26. The smallest absolute Gasteiger partial charge is 0.258 e. The first-order chi connectivity index (χ1) is 13.8. The molecular formula is C24H23N3O. The number of hydrogen-bond donors (Lipinski definition) is 0. The van der Waals surface area contributed by atoms with Gasteiger partial charge in [0, 0.05) is 11.8 Å². The minimum Gasteiger partial charge on any atom is -0.334 e. The van der Waals surface area contributed by atoms with Crippen molar-refractivity contribution in [2.24, 2.45) is 0 Å². The van der Waals surface area contributed by atoms with Crippen LogP contribution in [-0.4, -0.2) is 15.1 Å². The van der Waals surface area contributed by atoms with Crippen molar-refractivity contribution in [1.29, 1.82) is 0 Å². The minimum atomic E-state index is 0.498. The quantitative estimate of drug-likeness (QED) is 0.364.